The van der Waals surface area contributed by atoms with Gasteiger partial charge >= 0.3 is 0 Å². The first kappa shape index (κ1) is 23.0. The van der Waals surface area contributed by atoms with Crippen molar-refractivity contribution in [2.75, 3.05) is 11.6 Å². The summed E-state index contributed by atoms with van der Waals surface area (Å²) in [6.07, 6.45) is 7.51. The Balaban J connectivity index is 1.85. The number of anilines is 1. The van der Waals surface area contributed by atoms with Crippen LogP contribution in [0, 0.1) is 0 Å². The molecule has 0 saturated heterocycles. The first-order chi connectivity index (χ1) is 15.6. The number of benzene rings is 3. The topological polar surface area (TPSA) is 15.6 Å². The summed E-state index contributed by atoms with van der Waals surface area (Å²) >= 11 is 0. The van der Waals surface area contributed by atoms with E-state index in [9.17, 15) is 0 Å². The van der Waals surface area contributed by atoms with E-state index in [0.717, 1.165) is 13.0 Å². The second-order valence-electron chi connectivity index (χ2n) is 11.0. The van der Waals surface area contributed by atoms with Gasteiger partial charge < -0.3 is 0 Å². The number of hydrogen-bond donors (Lipinski definition) is 0. The van der Waals surface area contributed by atoms with Crippen LogP contribution in [0.15, 0.2) is 71.8 Å². The van der Waals surface area contributed by atoms with Crippen LogP contribution in [0.5, 0.6) is 0 Å². The van der Waals surface area contributed by atoms with Crippen molar-refractivity contribution in [2.45, 2.75) is 58.8 Å². The minimum atomic E-state index is 0.0460. The number of hydrogen-bond acceptors (Lipinski definition) is 2. The van der Waals surface area contributed by atoms with Crippen molar-refractivity contribution in [2.24, 2.45) is 5.10 Å². The van der Waals surface area contributed by atoms with Crippen molar-refractivity contribution in [3.8, 4) is 11.1 Å². The third-order valence-corrected chi connectivity index (χ3v) is 6.28. The molecule has 2 nitrogen and oxygen atoms in total. The quantitative estimate of drug-likeness (QED) is 0.375. The molecule has 0 N–H and O–H groups in total. The molecule has 0 atom stereocenters. The van der Waals surface area contributed by atoms with Crippen LogP contribution in [-0.2, 0) is 10.8 Å². The van der Waals surface area contributed by atoms with Gasteiger partial charge in [-0.05, 0) is 44.7 Å². The lowest BCUT2D eigenvalue weighted by molar-refractivity contribution is 0.590. The van der Waals surface area contributed by atoms with Crippen LogP contribution in [0.3, 0.4) is 0 Å². The monoisotopic (exact) mass is 436 g/mol. The molecule has 0 amide bonds. The summed E-state index contributed by atoms with van der Waals surface area (Å²) in [5.74, 6) is 0. The Labute approximate surface area is 199 Å². The molecular formula is C31H36N2. The molecule has 4 rings (SSSR count). The van der Waals surface area contributed by atoms with Gasteiger partial charge in [0.1, 0.15) is 0 Å². The smallest absolute Gasteiger partial charge is 0.0681 e. The lowest BCUT2D eigenvalue weighted by Gasteiger charge is -2.26. The minimum Gasteiger partial charge on any atom is -0.265 e. The summed E-state index contributed by atoms with van der Waals surface area (Å²) in [5.41, 5.74) is 8.97. The van der Waals surface area contributed by atoms with Crippen LogP contribution in [0.4, 0.5) is 5.69 Å². The zero-order chi connectivity index (χ0) is 23.6. The second-order valence-corrected chi connectivity index (χ2v) is 11.0. The van der Waals surface area contributed by atoms with Gasteiger partial charge in [-0.2, -0.15) is 5.10 Å². The minimum absolute atomic E-state index is 0.0460. The number of rotatable bonds is 4. The van der Waals surface area contributed by atoms with Gasteiger partial charge in [-0.15, -0.1) is 0 Å². The van der Waals surface area contributed by atoms with Crippen molar-refractivity contribution in [3.63, 3.8) is 0 Å². The molecule has 0 unspecified atom stereocenters. The highest BCUT2D eigenvalue weighted by Gasteiger charge is 2.23. The third kappa shape index (κ3) is 5.27. The molecule has 33 heavy (non-hydrogen) atoms. The molecule has 1 aliphatic rings. The number of hydrazone groups is 1. The highest BCUT2D eigenvalue weighted by Crippen LogP contribution is 2.40. The Kier molecular flexibility index (Phi) is 6.30. The van der Waals surface area contributed by atoms with Crippen molar-refractivity contribution in [3.05, 3.63) is 89.0 Å². The summed E-state index contributed by atoms with van der Waals surface area (Å²) in [6, 6.07) is 24.3. The Bertz CT molecular complexity index is 1150. The zero-order valence-electron chi connectivity index (χ0n) is 20.9. The first-order valence-electron chi connectivity index (χ1n) is 12.0. The highest BCUT2D eigenvalue weighted by atomic mass is 15.5. The molecule has 1 heterocycles. The maximum atomic E-state index is 4.69. The van der Waals surface area contributed by atoms with Crippen LogP contribution in [0.2, 0.25) is 0 Å². The molecular weight excluding hydrogens is 400 g/mol. The predicted octanol–water partition coefficient (Wildman–Crippen LogP) is 8.31. The van der Waals surface area contributed by atoms with Crippen LogP contribution in [0.25, 0.3) is 23.3 Å². The van der Waals surface area contributed by atoms with Gasteiger partial charge in [0.05, 0.1) is 5.69 Å². The van der Waals surface area contributed by atoms with E-state index in [2.05, 4.69) is 125 Å². The van der Waals surface area contributed by atoms with Gasteiger partial charge in [-0.3, -0.25) is 5.01 Å². The van der Waals surface area contributed by atoms with Gasteiger partial charge in [0.15, 0.2) is 0 Å². The third-order valence-electron chi connectivity index (χ3n) is 6.28. The summed E-state index contributed by atoms with van der Waals surface area (Å²) in [6.45, 7) is 14.5. The van der Waals surface area contributed by atoms with E-state index >= 15 is 0 Å². The molecule has 0 saturated carbocycles. The van der Waals surface area contributed by atoms with Gasteiger partial charge in [0.2, 0.25) is 0 Å². The fourth-order valence-corrected chi connectivity index (χ4v) is 4.19. The fraction of sp³-hybridized carbons (Fsp3) is 0.323. The standard InChI is InChI=1S/C31H36N2/c1-30(2,3)26-17-14-23(15-18-26)13-16-25-21-27(31(4,5)6)22-28(33-20-10-19-32-33)29(25)24-11-8-7-9-12-24/h7-9,11-19,21-22H,10,20H2,1-6H3/b16-13+. The lowest BCUT2D eigenvalue weighted by Crippen LogP contribution is -2.17. The molecule has 1 aliphatic heterocycles. The van der Waals surface area contributed by atoms with Gasteiger partial charge in [-0.25, -0.2) is 0 Å². The first-order valence-corrected chi connectivity index (χ1v) is 12.0. The van der Waals surface area contributed by atoms with Crippen LogP contribution < -0.4 is 5.01 Å². The Morgan fingerprint density at radius 1 is 0.758 bits per heavy atom. The zero-order valence-corrected chi connectivity index (χ0v) is 20.9. The van der Waals surface area contributed by atoms with Crippen molar-refractivity contribution in [1.82, 2.24) is 0 Å². The predicted molar refractivity (Wildman–Crippen MR) is 145 cm³/mol. The Morgan fingerprint density at radius 2 is 1.42 bits per heavy atom. The van der Waals surface area contributed by atoms with E-state index in [4.69, 9.17) is 5.10 Å². The average Bonchev–Trinajstić information content (AvgIpc) is 3.31. The molecule has 170 valence electrons. The van der Waals surface area contributed by atoms with E-state index in [1.165, 1.54) is 39.1 Å². The molecule has 0 spiro atoms. The molecule has 3 aromatic rings. The lowest BCUT2D eigenvalue weighted by atomic mass is 9.83. The summed E-state index contributed by atoms with van der Waals surface area (Å²) < 4.78 is 0. The molecule has 0 radical (unpaired) electrons. The normalized spacial score (nSPS) is 14.4. The summed E-state index contributed by atoms with van der Waals surface area (Å²) in [5, 5.41) is 6.85. The van der Waals surface area contributed by atoms with Crippen LogP contribution >= 0.6 is 0 Å². The maximum Gasteiger partial charge on any atom is 0.0681 e. The van der Waals surface area contributed by atoms with Crippen molar-refractivity contribution in [1.29, 1.82) is 0 Å². The molecule has 0 aliphatic carbocycles. The second kappa shape index (κ2) is 9.02. The van der Waals surface area contributed by atoms with E-state index in [0.29, 0.717) is 0 Å². The van der Waals surface area contributed by atoms with Gasteiger partial charge in [0, 0.05) is 24.7 Å². The maximum absolute atomic E-state index is 4.69. The fourth-order valence-electron chi connectivity index (χ4n) is 4.19. The molecule has 2 heteroatoms. The van der Waals surface area contributed by atoms with E-state index in [1.807, 2.05) is 6.21 Å². The van der Waals surface area contributed by atoms with Crippen molar-refractivity contribution < 1.29 is 0 Å². The summed E-state index contributed by atoms with van der Waals surface area (Å²) in [4.78, 5) is 0. The molecule has 3 aromatic carbocycles. The van der Waals surface area contributed by atoms with Crippen LogP contribution in [0.1, 0.15) is 70.2 Å². The Morgan fingerprint density at radius 3 is 2.00 bits per heavy atom. The Hall–Kier alpha value is -3.13. The largest absolute Gasteiger partial charge is 0.265 e. The number of nitrogens with zero attached hydrogens (tertiary/aromatic N) is 2. The molecule has 0 bridgehead atoms. The SMILES string of the molecule is CC(C)(C)c1ccc(/C=C/c2cc(C(C)(C)C)cc(N3CCC=N3)c2-c2ccccc2)cc1. The van der Waals surface area contributed by atoms with Crippen molar-refractivity contribution >= 4 is 24.1 Å². The highest BCUT2D eigenvalue weighted by molar-refractivity contribution is 5.90. The average molecular weight is 437 g/mol. The van der Waals surface area contributed by atoms with E-state index in [1.54, 1.807) is 0 Å². The van der Waals surface area contributed by atoms with Crippen LogP contribution in [-0.4, -0.2) is 12.8 Å². The van der Waals surface area contributed by atoms with Gasteiger partial charge in [0.25, 0.3) is 0 Å². The van der Waals surface area contributed by atoms with E-state index in [-0.39, 0.29) is 10.8 Å². The van der Waals surface area contributed by atoms with E-state index < -0.39 is 0 Å². The summed E-state index contributed by atoms with van der Waals surface area (Å²) in [7, 11) is 0. The molecule has 0 fully saturated rings. The molecule has 0 aromatic heterocycles. The van der Waals surface area contributed by atoms with Gasteiger partial charge in [-0.1, -0.05) is 114 Å².